The lowest BCUT2D eigenvalue weighted by molar-refractivity contribution is -0.149. The fourth-order valence-corrected chi connectivity index (χ4v) is 3.64. The van der Waals surface area contributed by atoms with E-state index in [1.807, 2.05) is 60.7 Å². The van der Waals surface area contributed by atoms with E-state index >= 15 is 0 Å². The number of carboxylic acid groups (broad SMARTS) is 1. The molecule has 2 atom stereocenters. The van der Waals surface area contributed by atoms with Gasteiger partial charge in [-0.25, -0.2) is 0 Å². The molecule has 0 aromatic heterocycles. The van der Waals surface area contributed by atoms with Crippen molar-refractivity contribution in [2.75, 3.05) is 0 Å². The van der Waals surface area contributed by atoms with Crippen molar-refractivity contribution < 1.29 is 14.7 Å². The lowest BCUT2D eigenvalue weighted by atomic mass is 9.78. The Balaban J connectivity index is 1.85. The van der Waals surface area contributed by atoms with E-state index in [2.05, 4.69) is 5.32 Å². The molecule has 1 aliphatic rings. The number of hydrogen-bond donors (Lipinski definition) is 2. The normalized spacial score (nSPS) is 20.2. The van der Waals surface area contributed by atoms with Gasteiger partial charge in [0.15, 0.2) is 0 Å². The van der Waals surface area contributed by atoms with Crippen molar-refractivity contribution in [3.05, 3.63) is 71.8 Å². The SMILES string of the molecule is O=C(NC(c1ccccc1)c1ccccc1)[C@H]1CCCC[C@H]1C(=O)O. The van der Waals surface area contributed by atoms with Crippen molar-refractivity contribution in [3.63, 3.8) is 0 Å². The molecule has 0 bridgehead atoms. The summed E-state index contributed by atoms with van der Waals surface area (Å²) in [6, 6.07) is 19.3. The van der Waals surface area contributed by atoms with Gasteiger partial charge >= 0.3 is 5.97 Å². The van der Waals surface area contributed by atoms with Crippen LogP contribution in [0.2, 0.25) is 0 Å². The predicted molar refractivity (Wildman–Crippen MR) is 96.0 cm³/mol. The van der Waals surface area contributed by atoms with Crippen LogP contribution >= 0.6 is 0 Å². The molecule has 0 saturated heterocycles. The first kappa shape index (κ1) is 17.2. The van der Waals surface area contributed by atoms with Crippen LogP contribution in [-0.4, -0.2) is 17.0 Å². The van der Waals surface area contributed by atoms with Crippen LogP contribution in [0.1, 0.15) is 42.9 Å². The van der Waals surface area contributed by atoms with E-state index < -0.39 is 17.8 Å². The van der Waals surface area contributed by atoms with Crippen LogP contribution in [0.5, 0.6) is 0 Å². The van der Waals surface area contributed by atoms with Crippen LogP contribution in [-0.2, 0) is 9.59 Å². The van der Waals surface area contributed by atoms with Gasteiger partial charge in [-0.05, 0) is 24.0 Å². The molecule has 0 unspecified atom stereocenters. The third-order valence-corrected chi connectivity index (χ3v) is 4.97. The van der Waals surface area contributed by atoms with Crippen molar-refractivity contribution in [2.24, 2.45) is 11.8 Å². The van der Waals surface area contributed by atoms with Gasteiger partial charge in [0.25, 0.3) is 0 Å². The maximum atomic E-state index is 12.9. The molecule has 130 valence electrons. The number of carbonyl (C=O) groups excluding carboxylic acids is 1. The van der Waals surface area contributed by atoms with E-state index in [-0.39, 0.29) is 11.9 Å². The van der Waals surface area contributed by atoms with Gasteiger partial charge < -0.3 is 10.4 Å². The quantitative estimate of drug-likeness (QED) is 0.872. The molecule has 4 nitrogen and oxygen atoms in total. The fourth-order valence-electron chi connectivity index (χ4n) is 3.64. The minimum Gasteiger partial charge on any atom is -0.481 e. The van der Waals surface area contributed by atoms with Gasteiger partial charge in [0.2, 0.25) is 5.91 Å². The van der Waals surface area contributed by atoms with E-state index in [9.17, 15) is 14.7 Å². The van der Waals surface area contributed by atoms with Crippen LogP contribution in [0.3, 0.4) is 0 Å². The zero-order valence-corrected chi connectivity index (χ0v) is 14.1. The number of benzene rings is 2. The van der Waals surface area contributed by atoms with Crippen LogP contribution in [0.25, 0.3) is 0 Å². The molecule has 2 aromatic carbocycles. The molecular formula is C21H23NO3. The molecular weight excluding hydrogens is 314 g/mol. The minimum absolute atomic E-state index is 0.162. The van der Waals surface area contributed by atoms with Crippen LogP contribution in [0, 0.1) is 11.8 Å². The van der Waals surface area contributed by atoms with Gasteiger partial charge in [0.05, 0.1) is 17.9 Å². The summed E-state index contributed by atoms with van der Waals surface area (Å²) >= 11 is 0. The third-order valence-electron chi connectivity index (χ3n) is 4.97. The molecule has 0 radical (unpaired) electrons. The second-order valence-electron chi connectivity index (χ2n) is 6.60. The second kappa shape index (κ2) is 7.97. The maximum absolute atomic E-state index is 12.9. The lowest BCUT2D eigenvalue weighted by Gasteiger charge is -2.29. The summed E-state index contributed by atoms with van der Waals surface area (Å²) in [7, 11) is 0. The Kier molecular flexibility index (Phi) is 5.49. The summed E-state index contributed by atoms with van der Waals surface area (Å²) in [5.74, 6) is -2.07. The monoisotopic (exact) mass is 337 g/mol. The van der Waals surface area contributed by atoms with E-state index in [0.29, 0.717) is 12.8 Å². The highest BCUT2D eigenvalue weighted by Gasteiger charge is 2.36. The van der Waals surface area contributed by atoms with Crippen molar-refractivity contribution in [1.82, 2.24) is 5.32 Å². The zero-order chi connectivity index (χ0) is 17.6. The van der Waals surface area contributed by atoms with Gasteiger partial charge in [-0.2, -0.15) is 0 Å². The number of amides is 1. The summed E-state index contributed by atoms with van der Waals surface area (Å²) in [5, 5.41) is 12.5. The summed E-state index contributed by atoms with van der Waals surface area (Å²) in [5.41, 5.74) is 1.98. The Morgan fingerprint density at radius 3 is 1.80 bits per heavy atom. The van der Waals surface area contributed by atoms with Crippen molar-refractivity contribution in [1.29, 1.82) is 0 Å². The van der Waals surface area contributed by atoms with E-state index in [1.165, 1.54) is 0 Å². The van der Waals surface area contributed by atoms with Gasteiger partial charge in [0, 0.05) is 0 Å². The topological polar surface area (TPSA) is 66.4 Å². The number of rotatable bonds is 5. The lowest BCUT2D eigenvalue weighted by Crippen LogP contribution is -2.41. The first-order valence-corrected chi connectivity index (χ1v) is 8.80. The molecule has 0 spiro atoms. The summed E-state index contributed by atoms with van der Waals surface area (Å²) in [6.07, 6.45) is 3.00. The molecule has 1 fully saturated rings. The Labute approximate surface area is 147 Å². The average molecular weight is 337 g/mol. The van der Waals surface area contributed by atoms with Gasteiger partial charge in [-0.1, -0.05) is 73.5 Å². The number of hydrogen-bond acceptors (Lipinski definition) is 2. The third kappa shape index (κ3) is 4.08. The molecule has 0 heterocycles. The average Bonchev–Trinajstić information content (AvgIpc) is 2.67. The number of aliphatic carboxylic acids is 1. The first-order valence-electron chi connectivity index (χ1n) is 8.80. The van der Waals surface area contributed by atoms with Crippen molar-refractivity contribution in [3.8, 4) is 0 Å². The van der Waals surface area contributed by atoms with E-state index in [1.54, 1.807) is 0 Å². The van der Waals surface area contributed by atoms with Gasteiger partial charge in [-0.15, -0.1) is 0 Å². The Morgan fingerprint density at radius 1 is 0.840 bits per heavy atom. The molecule has 2 N–H and O–H groups in total. The number of carbonyl (C=O) groups is 2. The summed E-state index contributed by atoms with van der Waals surface area (Å²) < 4.78 is 0. The van der Waals surface area contributed by atoms with Crippen LogP contribution < -0.4 is 5.32 Å². The maximum Gasteiger partial charge on any atom is 0.307 e. The van der Waals surface area contributed by atoms with Gasteiger partial charge in [-0.3, -0.25) is 9.59 Å². The molecule has 4 heteroatoms. The van der Waals surface area contributed by atoms with E-state index in [0.717, 1.165) is 24.0 Å². The smallest absolute Gasteiger partial charge is 0.307 e. The van der Waals surface area contributed by atoms with E-state index in [4.69, 9.17) is 0 Å². The fraction of sp³-hybridized carbons (Fsp3) is 0.333. The van der Waals surface area contributed by atoms with Crippen LogP contribution in [0.4, 0.5) is 0 Å². The second-order valence-corrected chi connectivity index (χ2v) is 6.60. The molecule has 1 amide bonds. The Bertz CT molecular complexity index is 675. The standard InChI is InChI=1S/C21H23NO3/c23-20(17-13-7-8-14-18(17)21(24)25)22-19(15-9-3-1-4-10-15)16-11-5-2-6-12-16/h1-6,9-12,17-19H,7-8,13-14H2,(H,22,23)(H,24,25)/t17-,18+/m0/s1. The zero-order valence-electron chi connectivity index (χ0n) is 14.1. The Hall–Kier alpha value is -2.62. The highest BCUT2D eigenvalue weighted by Crippen LogP contribution is 2.32. The molecule has 1 saturated carbocycles. The molecule has 1 aliphatic carbocycles. The Morgan fingerprint density at radius 2 is 1.32 bits per heavy atom. The first-order chi connectivity index (χ1) is 12.2. The minimum atomic E-state index is -0.865. The molecule has 2 aromatic rings. The molecule has 0 aliphatic heterocycles. The highest BCUT2D eigenvalue weighted by atomic mass is 16.4. The highest BCUT2D eigenvalue weighted by molar-refractivity contribution is 5.85. The number of nitrogens with one attached hydrogen (secondary N) is 1. The predicted octanol–water partition coefficient (Wildman–Crippen LogP) is 3.78. The number of carboxylic acids is 1. The van der Waals surface area contributed by atoms with Crippen LogP contribution in [0.15, 0.2) is 60.7 Å². The van der Waals surface area contributed by atoms with Gasteiger partial charge in [0.1, 0.15) is 0 Å². The largest absolute Gasteiger partial charge is 0.481 e. The van der Waals surface area contributed by atoms with Crippen molar-refractivity contribution in [2.45, 2.75) is 31.7 Å². The summed E-state index contributed by atoms with van der Waals surface area (Å²) in [4.78, 5) is 24.4. The van der Waals surface area contributed by atoms with Crippen molar-refractivity contribution >= 4 is 11.9 Å². The molecule has 25 heavy (non-hydrogen) atoms. The molecule has 3 rings (SSSR count). The summed E-state index contributed by atoms with van der Waals surface area (Å²) in [6.45, 7) is 0.